The van der Waals surface area contributed by atoms with Crippen LogP contribution in [0.2, 0.25) is 0 Å². The van der Waals surface area contributed by atoms with Gasteiger partial charge in [0.05, 0.1) is 7.11 Å². The number of hydrogen-bond donors (Lipinski definition) is 1. The summed E-state index contributed by atoms with van der Waals surface area (Å²) >= 11 is 0. The van der Waals surface area contributed by atoms with E-state index in [4.69, 9.17) is 4.74 Å². The predicted molar refractivity (Wildman–Crippen MR) is 109 cm³/mol. The number of piperazine rings is 1. The SMILES string of the molecule is COc1ccc(CNC(=O)c2cccc(C(=O)N3CCN(C(C)=O)CC3)c2)cc1. The monoisotopic (exact) mass is 395 g/mol. The number of nitrogens with zero attached hydrogens (tertiary/aromatic N) is 2. The molecule has 0 spiro atoms. The number of benzene rings is 2. The Bertz CT molecular complexity index is 887. The Kier molecular flexibility index (Phi) is 6.49. The van der Waals surface area contributed by atoms with Crippen molar-refractivity contribution in [2.24, 2.45) is 0 Å². The van der Waals surface area contributed by atoms with E-state index in [-0.39, 0.29) is 17.7 Å². The summed E-state index contributed by atoms with van der Waals surface area (Å²) in [5, 5.41) is 2.87. The zero-order valence-electron chi connectivity index (χ0n) is 16.7. The average molecular weight is 395 g/mol. The molecule has 3 amide bonds. The highest BCUT2D eigenvalue weighted by Gasteiger charge is 2.23. The molecule has 0 aromatic heterocycles. The average Bonchev–Trinajstić information content (AvgIpc) is 2.77. The van der Waals surface area contributed by atoms with Gasteiger partial charge in [0.25, 0.3) is 11.8 Å². The largest absolute Gasteiger partial charge is 0.497 e. The van der Waals surface area contributed by atoms with Gasteiger partial charge >= 0.3 is 0 Å². The van der Waals surface area contributed by atoms with Crippen molar-refractivity contribution in [1.82, 2.24) is 15.1 Å². The third-order valence-electron chi connectivity index (χ3n) is 5.00. The molecule has 0 bridgehead atoms. The number of amides is 3. The van der Waals surface area contributed by atoms with E-state index in [1.54, 1.807) is 41.2 Å². The third-order valence-corrected chi connectivity index (χ3v) is 5.00. The van der Waals surface area contributed by atoms with Crippen molar-refractivity contribution in [1.29, 1.82) is 0 Å². The maximum Gasteiger partial charge on any atom is 0.253 e. The Balaban J connectivity index is 1.60. The molecule has 2 aromatic rings. The molecule has 1 aliphatic rings. The van der Waals surface area contributed by atoms with Crippen LogP contribution in [-0.4, -0.2) is 60.8 Å². The molecule has 1 fully saturated rings. The van der Waals surface area contributed by atoms with Gasteiger partial charge in [-0.1, -0.05) is 18.2 Å². The van der Waals surface area contributed by atoms with Gasteiger partial charge in [0.15, 0.2) is 0 Å². The molecule has 7 heteroatoms. The van der Waals surface area contributed by atoms with Crippen LogP contribution in [0, 0.1) is 0 Å². The van der Waals surface area contributed by atoms with Gasteiger partial charge in [0.1, 0.15) is 5.75 Å². The molecule has 1 aliphatic heterocycles. The first kappa shape index (κ1) is 20.4. The molecule has 0 atom stereocenters. The summed E-state index contributed by atoms with van der Waals surface area (Å²) in [6.45, 7) is 3.96. The second-order valence-corrected chi connectivity index (χ2v) is 6.91. The van der Waals surface area contributed by atoms with Crippen molar-refractivity contribution in [2.75, 3.05) is 33.3 Å². The van der Waals surface area contributed by atoms with Crippen LogP contribution in [0.3, 0.4) is 0 Å². The van der Waals surface area contributed by atoms with E-state index in [0.717, 1.165) is 11.3 Å². The van der Waals surface area contributed by atoms with E-state index in [9.17, 15) is 14.4 Å². The molecule has 29 heavy (non-hydrogen) atoms. The summed E-state index contributed by atoms with van der Waals surface area (Å²) in [6, 6.07) is 14.2. The van der Waals surface area contributed by atoms with Crippen LogP contribution in [0.1, 0.15) is 33.2 Å². The molecule has 0 unspecified atom stereocenters. The summed E-state index contributed by atoms with van der Waals surface area (Å²) in [6.07, 6.45) is 0. The maximum absolute atomic E-state index is 12.8. The number of ether oxygens (including phenoxy) is 1. The Hall–Kier alpha value is -3.35. The first-order chi connectivity index (χ1) is 14.0. The summed E-state index contributed by atoms with van der Waals surface area (Å²) in [5.74, 6) is 0.415. The van der Waals surface area contributed by atoms with Gasteiger partial charge in [-0.3, -0.25) is 14.4 Å². The van der Waals surface area contributed by atoms with Crippen molar-refractivity contribution in [3.8, 4) is 5.75 Å². The van der Waals surface area contributed by atoms with Gasteiger partial charge < -0.3 is 19.9 Å². The minimum atomic E-state index is -0.239. The number of hydrogen-bond acceptors (Lipinski definition) is 4. The van der Waals surface area contributed by atoms with E-state index >= 15 is 0 Å². The lowest BCUT2D eigenvalue weighted by molar-refractivity contribution is -0.130. The fourth-order valence-electron chi connectivity index (χ4n) is 3.23. The Morgan fingerprint density at radius 3 is 2.17 bits per heavy atom. The lowest BCUT2D eigenvalue weighted by Crippen LogP contribution is -2.50. The first-order valence-corrected chi connectivity index (χ1v) is 9.54. The molecular weight excluding hydrogens is 370 g/mol. The number of carbonyl (C=O) groups excluding carboxylic acids is 3. The van der Waals surface area contributed by atoms with Crippen LogP contribution in [0.25, 0.3) is 0 Å². The Morgan fingerprint density at radius 1 is 0.931 bits per heavy atom. The van der Waals surface area contributed by atoms with Crippen molar-refractivity contribution in [3.05, 3.63) is 65.2 Å². The van der Waals surface area contributed by atoms with E-state index < -0.39 is 0 Å². The van der Waals surface area contributed by atoms with Gasteiger partial charge in [0.2, 0.25) is 5.91 Å². The maximum atomic E-state index is 12.8. The van der Waals surface area contributed by atoms with E-state index in [1.807, 2.05) is 24.3 Å². The normalized spacial score (nSPS) is 13.7. The Labute approximate surface area is 170 Å². The van der Waals surface area contributed by atoms with Crippen molar-refractivity contribution in [3.63, 3.8) is 0 Å². The molecule has 3 rings (SSSR count). The Morgan fingerprint density at radius 2 is 1.55 bits per heavy atom. The zero-order chi connectivity index (χ0) is 20.8. The van der Waals surface area contributed by atoms with Gasteiger partial charge in [0, 0.05) is 50.8 Å². The van der Waals surface area contributed by atoms with E-state index in [0.29, 0.717) is 43.9 Å². The van der Waals surface area contributed by atoms with E-state index in [2.05, 4.69) is 5.32 Å². The van der Waals surface area contributed by atoms with Crippen LogP contribution in [0.5, 0.6) is 5.75 Å². The second kappa shape index (κ2) is 9.23. The molecule has 1 N–H and O–H groups in total. The highest BCUT2D eigenvalue weighted by molar-refractivity contribution is 5.99. The summed E-state index contributed by atoms with van der Waals surface area (Å²) < 4.78 is 5.12. The highest BCUT2D eigenvalue weighted by Crippen LogP contribution is 2.13. The minimum absolute atomic E-state index is 0.0210. The molecular formula is C22H25N3O4. The van der Waals surface area contributed by atoms with Crippen LogP contribution in [0.4, 0.5) is 0 Å². The number of methoxy groups -OCH3 is 1. The zero-order valence-corrected chi connectivity index (χ0v) is 16.7. The molecule has 1 heterocycles. The van der Waals surface area contributed by atoms with Crippen LogP contribution < -0.4 is 10.1 Å². The number of nitrogens with one attached hydrogen (secondary N) is 1. The minimum Gasteiger partial charge on any atom is -0.497 e. The topological polar surface area (TPSA) is 79.0 Å². The van der Waals surface area contributed by atoms with Crippen LogP contribution in [0.15, 0.2) is 48.5 Å². The quantitative estimate of drug-likeness (QED) is 0.839. The van der Waals surface area contributed by atoms with Crippen LogP contribution in [-0.2, 0) is 11.3 Å². The standard InChI is InChI=1S/C22H25N3O4/c1-16(26)24-10-12-25(13-11-24)22(28)19-5-3-4-18(14-19)21(27)23-15-17-6-8-20(29-2)9-7-17/h3-9,14H,10-13,15H2,1-2H3,(H,23,27). The molecule has 0 radical (unpaired) electrons. The smallest absolute Gasteiger partial charge is 0.253 e. The van der Waals surface area contributed by atoms with Crippen molar-refractivity contribution < 1.29 is 19.1 Å². The highest BCUT2D eigenvalue weighted by atomic mass is 16.5. The first-order valence-electron chi connectivity index (χ1n) is 9.54. The predicted octanol–water partition coefficient (Wildman–Crippen LogP) is 1.93. The lowest BCUT2D eigenvalue weighted by Gasteiger charge is -2.34. The van der Waals surface area contributed by atoms with Gasteiger partial charge in [-0.05, 0) is 35.9 Å². The van der Waals surface area contributed by atoms with Gasteiger partial charge in [-0.2, -0.15) is 0 Å². The summed E-state index contributed by atoms with van der Waals surface area (Å²) in [4.78, 5) is 40.2. The molecule has 7 nitrogen and oxygen atoms in total. The molecule has 0 aliphatic carbocycles. The third kappa shape index (κ3) is 5.13. The molecule has 2 aromatic carbocycles. The van der Waals surface area contributed by atoms with Crippen LogP contribution >= 0.6 is 0 Å². The van der Waals surface area contributed by atoms with Gasteiger partial charge in [-0.15, -0.1) is 0 Å². The summed E-state index contributed by atoms with van der Waals surface area (Å²) in [7, 11) is 1.61. The summed E-state index contributed by atoms with van der Waals surface area (Å²) in [5.41, 5.74) is 1.86. The van der Waals surface area contributed by atoms with Crippen molar-refractivity contribution in [2.45, 2.75) is 13.5 Å². The van der Waals surface area contributed by atoms with Gasteiger partial charge in [-0.25, -0.2) is 0 Å². The number of rotatable bonds is 5. The van der Waals surface area contributed by atoms with Crippen molar-refractivity contribution >= 4 is 17.7 Å². The lowest BCUT2D eigenvalue weighted by atomic mass is 10.1. The van der Waals surface area contributed by atoms with E-state index in [1.165, 1.54) is 6.92 Å². The molecule has 1 saturated heterocycles. The number of carbonyl (C=O) groups is 3. The molecule has 152 valence electrons. The fraction of sp³-hybridized carbons (Fsp3) is 0.318. The molecule has 0 saturated carbocycles. The second-order valence-electron chi connectivity index (χ2n) is 6.91. The fourth-order valence-corrected chi connectivity index (χ4v) is 3.23.